The molecular weight excluding hydrogens is 216 g/mol. The van der Waals surface area contributed by atoms with Gasteiger partial charge in [-0.05, 0) is 41.4 Å². The molecule has 0 spiro atoms. The van der Waals surface area contributed by atoms with E-state index in [1.54, 1.807) is 0 Å². The Labute approximate surface area is 106 Å². The van der Waals surface area contributed by atoms with Crippen molar-refractivity contribution >= 4 is 5.97 Å². The molecule has 0 amide bonds. The van der Waals surface area contributed by atoms with Gasteiger partial charge in [0.15, 0.2) is 0 Å². The fourth-order valence-electron chi connectivity index (χ4n) is 2.07. The van der Waals surface area contributed by atoms with E-state index in [9.17, 15) is 4.79 Å². The van der Waals surface area contributed by atoms with Gasteiger partial charge >= 0.3 is 5.97 Å². The van der Waals surface area contributed by atoms with Crippen LogP contribution in [0.3, 0.4) is 0 Å². The molecule has 0 aromatic heterocycles. The Morgan fingerprint density at radius 2 is 1.88 bits per heavy atom. The monoisotopic (exact) mass is 244 g/mol. The standard InChI is InChI=1S/C13H28N2O2/c1-8-15(11(2)9-14(5)6)10-13(3,4)12(16)17-7/h11H,8-10H2,1-7H3. The third-order valence-electron chi connectivity index (χ3n) is 3.00. The smallest absolute Gasteiger partial charge is 0.312 e. The number of methoxy groups -OCH3 is 1. The molecule has 0 fully saturated rings. The summed E-state index contributed by atoms with van der Waals surface area (Å²) in [5.74, 6) is -0.145. The molecular formula is C13H28N2O2. The van der Waals surface area contributed by atoms with Crippen molar-refractivity contribution in [3.8, 4) is 0 Å². The zero-order valence-corrected chi connectivity index (χ0v) is 12.4. The minimum atomic E-state index is -0.453. The van der Waals surface area contributed by atoms with E-state index in [4.69, 9.17) is 4.74 Å². The summed E-state index contributed by atoms with van der Waals surface area (Å²) in [6.07, 6.45) is 0. The first kappa shape index (κ1) is 16.4. The first-order valence-corrected chi connectivity index (χ1v) is 6.21. The summed E-state index contributed by atoms with van der Waals surface area (Å²) in [6.45, 7) is 10.8. The summed E-state index contributed by atoms with van der Waals surface area (Å²) < 4.78 is 4.85. The van der Waals surface area contributed by atoms with Crippen molar-refractivity contribution in [3.05, 3.63) is 0 Å². The summed E-state index contributed by atoms with van der Waals surface area (Å²) in [5, 5.41) is 0. The van der Waals surface area contributed by atoms with Crippen LogP contribution in [0.5, 0.6) is 0 Å². The molecule has 0 rings (SSSR count). The largest absolute Gasteiger partial charge is 0.469 e. The van der Waals surface area contributed by atoms with Gasteiger partial charge in [0.05, 0.1) is 12.5 Å². The molecule has 0 saturated carbocycles. The van der Waals surface area contributed by atoms with Gasteiger partial charge in [-0.3, -0.25) is 9.69 Å². The number of likely N-dealkylation sites (N-methyl/N-ethyl adjacent to an activating group) is 2. The Kier molecular flexibility index (Phi) is 6.72. The van der Waals surface area contributed by atoms with E-state index in [-0.39, 0.29) is 5.97 Å². The number of rotatable bonds is 7. The molecule has 0 saturated heterocycles. The number of carbonyl (C=O) groups excluding carboxylic acids is 1. The molecule has 0 heterocycles. The molecule has 0 radical (unpaired) electrons. The molecule has 0 bridgehead atoms. The van der Waals surface area contributed by atoms with E-state index >= 15 is 0 Å². The lowest BCUT2D eigenvalue weighted by atomic mass is 9.92. The van der Waals surface area contributed by atoms with Gasteiger partial charge in [0.1, 0.15) is 0 Å². The molecule has 17 heavy (non-hydrogen) atoms. The topological polar surface area (TPSA) is 32.8 Å². The van der Waals surface area contributed by atoms with Crippen molar-refractivity contribution in [3.63, 3.8) is 0 Å². The van der Waals surface area contributed by atoms with E-state index in [1.807, 2.05) is 13.8 Å². The lowest BCUT2D eigenvalue weighted by molar-refractivity contribution is -0.152. The maximum absolute atomic E-state index is 11.7. The fourth-order valence-corrected chi connectivity index (χ4v) is 2.07. The number of nitrogens with zero attached hydrogens (tertiary/aromatic N) is 2. The number of hydrogen-bond donors (Lipinski definition) is 0. The Morgan fingerprint density at radius 3 is 2.24 bits per heavy atom. The van der Waals surface area contributed by atoms with Crippen LogP contribution in [0.25, 0.3) is 0 Å². The van der Waals surface area contributed by atoms with Gasteiger partial charge in [0.2, 0.25) is 0 Å². The SMILES string of the molecule is CCN(CC(C)(C)C(=O)OC)C(C)CN(C)C. The van der Waals surface area contributed by atoms with Crippen LogP contribution >= 0.6 is 0 Å². The van der Waals surface area contributed by atoms with Gasteiger partial charge in [-0.15, -0.1) is 0 Å². The van der Waals surface area contributed by atoms with Gasteiger partial charge in [0, 0.05) is 19.1 Å². The number of hydrogen-bond acceptors (Lipinski definition) is 4. The van der Waals surface area contributed by atoms with Crippen LogP contribution in [0.1, 0.15) is 27.7 Å². The Hall–Kier alpha value is -0.610. The van der Waals surface area contributed by atoms with Gasteiger partial charge in [-0.1, -0.05) is 6.92 Å². The van der Waals surface area contributed by atoms with Crippen molar-refractivity contribution in [2.75, 3.05) is 40.8 Å². The summed E-state index contributed by atoms with van der Waals surface area (Å²) in [6, 6.07) is 0.430. The highest BCUT2D eigenvalue weighted by atomic mass is 16.5. The predicted molar refractivity (Wildman–Crippen MR) is 71.1 cm³/mol. The van der Waals surface area contributed by atoms with Crippen LogP contribution in [0.4, 0.5) is 0 Å². The van der Waals surface area contributed by atoms with Crippen LogP contribution < -0.4 is 0 Å². The minimum absolute atomic E-state index is 0.145. The first-order valence-electron chi connectivity index (χ1n) is 6.21. The Morgan fingerprint density at radius 1 is 1.35 bits per heavy atom. The van der Waals surface area contributed by atoms with E-state index in [0.717, 1.165) is 19.6 Å². The summed E-state index contributed by atoms with van der Waals surface area (Å²) in [7, 11) is 5.58. The average Bonchev–Trinajstić information content (AvgIpc) is 2.23. The van der Waals surface area contributed by atoms with Crippen LogP contribution in [0, 0.1) is 5.41 Å². The molecule has 4 nitrogen and oxygen atoms in total. The molecule has 0 aliphatic rings. The van der Waals surface area contributed by atoms with Crippen LogP contribution in [0.2, 0.25) is 0 Å². The minimum Gasteiger partial charge on any atom is -0.469 e. The van der Waals surface area contributed by atoms with Gasteiger partial charge in [-0.25, -0.2) is 0 Å². The highest BCUT2D eigenvalue weighted by molar-refractivity contribution is 5.76. The lowest BCUT2D eigenvalue weighted by Gasteiger charge is -2.35. The molecule has 1 unspecified atom stereocenters. The zero-order chi connectivity index (χ0) is 13.6. The van der Waals surface area contributed by atoms with E-state index < -0.39 is 5.41 Å². The molecule has 4 heteroatoms. The average molecular weight is 244 g/mol. The maximum Gasteiger partial charge on any atom is 0.312 e. The number of esters is 1. The highest BCUT2D eigenvalue weighted by Crippen LogP contribution is 2.20. The zero-order valence-electron chi connectivity index (χ0n) is 12.4. The molecule has 1 atom stereocenters. The lowest BCUT2D eigenvalue weighted by Crippen LogP contribution is -2.47. The second kappa shape index (κ2) is 6.97. The molecule has 0 aliphatic carbocycles. The molecule has 0 N–H and O–H groups in total. The second-order valence-electron chi connectivity index (χ2n) is 5.55. The van der Waals surface area contributed by atoms with Crippen molar-refractivity contribution in [1.82, 2.24) is 9.80 Å². The van der Waals surface area contributed by atoms with E-state index in [1.165, 1.54) is 7.11 Å². The summed E-state index contributed by atoms with van der Waals surface area (Å²) in [5.41, 5.74) is -0.453. The van der Waals surface area contributed by atoms with E-state index in [2.05, 4.69) is 37.7 Å². The number of carbonyl (C=O) groups is 1. The highest BCUT2D eigenvalue weighted by Gasteiger charge is 2.32. The second-order valence-corrected chi connectivity index (χ2v) is 5.55. The first-order chi connectivity index (χ1) is 7.74. The van der Waals surface area contributed by atoms with Crippen molar-refractivity contribution in [2.45, 2.75) is 33.7 Å². The number of ether oxygens (including phenoxy) is 1. The molecule has 0 aromatic rings. The fraction of sp³-hybridized carbons (Fsp3) is 0.923. The quantitative estimate of drug-likeness (QED) is 0.635. The van der Waals surface area contributed by atoms with Crippen LogP contribution in [-0.4, -0.2) is 62.7 Å². The maximum atomic E-state index is 11.7. The Bertz CT molecular complexity index is 240. The molecule has 102 valence electrons. The molecule has 0 aliphatic heterocycles. The summed E-state index contributed by atoms with van der Waals surface area (Å²) >= 11 is 0. The van der Waals surface area contributed by atoms with Crippen molar-refractivity contribution in [1.29, 1.82) is 0 Å². The van der Waals surface area contributed by atoms with Crippen LogP contribution in [-0.2, 0) is 9.53 Å². The summed E-state index contributed by atoms with van der Waals surface area (Å²) in [4.78, 5) is 16.2. The van der Waals surface area contributed by atoms with Gasteiger partial charge in [0.25, 0.3) is 0 Å². The predicted octanol–water partition coefficient (Wildman–Crippen LogP) is 1.46. The van der Waals surface area contributed by atoms with E-state index in [0.29, 0.717) is 6.04 Å². The molecule has 0 aromatic carbocycles. The van der Waals surface area contributed by atoms with Gasteiger partial charge < -0.3 is 9.64 Å². The third-order valence-corrected chi connectivity index (χ3v) is 3.00. The van der Waals surface area contributed by atoms with Crippen molar-refractivity contribution < 1.29 is 9.53 Å². The normalized spacial score (nSPS) is 14.2. The Balaban J connectivity index is 4.53. The van der Waals surface area contributed by atoms with Crippen LogP contribution in [0.15, 0.2) is 0 Å². The third kappa shape index (κ3) is 5.50. The van der Waals surface area contributed by atoms with Crippen molar-refractivity contribution in [2.24, 2.45) is 5.41 Å². The van der Waals surface area contributed by atoms with Gasteiger partial charge in [-0.2, -0.15) is 0 Å².